The number of H-pyrrole nitrogens is 1. The van der Waals surface area contributed by atoms with Gasteiger partial charge in [0.1, 0.15) is 12.3 Å². The Kier molecular flexibility index (Phi) is 6.07. The van der Waals surface area contributed by atoms with Crippen LogP contribution in [0, 0.1) is 0 Å². The van der Waals surface area contributed by atoms with Crippen LogP contribution in [0.25, 0.3) is 17.1 Å². The predicted octanol–water partition coefficient (Wildman–Crippen LogP) is 0.741. The fourth-order valence-electron chi connectivity index (χ4n) is 3.14. The molecule has 2 aromatic rings. The minimum absolute atomic E-state index is 0.0224. The molecule has 158 valence electrons. The number of hydrogen-bond donors (Lipinski definition) is 2. The molecular formula is C20H22N4O6. The fraction of sp³-hybridized carbons (Fsp3) is 0.350. The normalized spacial score (nSPS) is 18.8. The smallest absolute Gasteiger partial charge is 0.347 e. The van der Waals surface area contributed by atoms with Gasteiger partial charge in [0.2, 0.25) is 11.7 Å². The van der Waals surface area contributed by atoms with Gasteiger partial charge in [-0.1, -0.05) is 0 Å². The molecule has 2 aliphatic heterocycles. The lowest BCUT2D eigenvalue weighted by molar-refractivity contribution is -0.141. The molecule has 30 heavy (non-hydrogen) atoms. The average Bonchev–Trinajstić information content (AvgIpc) is 3.30. The standard InChI is InChI=1S/C20H22N4O6/c1-27-9-10-29-20(26)16-17(25)15(30-19(16)23-24-5-7-28-8-6-24)11-13-12-22-18-14(13)3-2-4-21-18/h2-4,11-12,23H,5-10H2,1H3,(H,21,22). The van der Waals surface area contributed by atoms with Crippen molar-refractivity contribution in [3.05, 3.63) is 47.3 Å². The molecule has 10 heteroatoms. The third-order valence-corrected chi connectivity index (χ3v) is 4.66. The van der Waals surface area contributed by atoms with E-state index in [9.17, 15) is 9.59 Å². The van der Waals surface area contributed by atoms with Crippen molar-refractivity contribution in [2.75, 3.05) is 46.6 Å². The van der Waals surface area contributed by atoms with Gasteiger partial charge in [-0.15, -0.1) is 0 Å². The molecule has 1 saturated heterocycles. The van der Waals surface area contributed by atoms with E-state index in [2.05, 4.69) is 15.4 Å². The molecule has 0 aromatic carbocycles. The number of hydrazine groups is 1. The van der Waals surface area contributed by atoms with Crippen molar-refractivity contribution in [3.8, 4) is 0 Å². The minimum atomic E-state index is -0.767. The van der Waals surface area contributed by atoms with Gasteiger partial charge in [0.25, 0.3) is 0 Å². The van der Waals surface area contributed by atoms with Crippen LogP contribution in [0.3, 0.4) is 0 Å². The van der Waals surface area contributed by atoms with Crippen molar-refractivity contribution in [1.82, 2.24) is 20.4 Å². The molecule has 0 saturated carbocycles. The molecule has 0 radical (unpaired) electrons. The summed E-state index contributed by atoms with van der Waals surface area (Å²) < 4.78 is 21.2. The van der Waals surface area contributed by atoms with Crippen LogP contribution in [0.1, 0.15) is 5.56 Å². The first-order valence-corrected chi connectivity index (χ1v) is 9.53. The average molecular weight is 414 g/mol. The molecular weight excluding hydrogens is 392 g/mol. The second kappa shape index (κ2) is 9.08. The van der Waals surface area contributed by atoms with E-state index in [4.69, 9.17) is 18.9 Å². The van der Waals surface area contributed by atoms with Gasteiger partial charge in [0.15, 0.2) is 11.3 Å². The van der Waals surface area contributed by atoms with Crippen molar-refractivity contribution in [2.24, 2.45) is 0 Å². The number of aromatic nitrogens is 2. The zero-order valence-electron chi connectivity index (χ0n) is 16.5. The van der Waals surface area contributed by atoms with E-state index in [1.165, 1.54) is 7.11 Å². The van der Waals surface area contributed by atoms with Gasteiger partial charge in [0.05, 0.1) is 19.8 Å². The highest BCUT2D eigenvalue weighted by Gasteiger charge is 2.38. The van der Waals surface area contributed by atoms with Crippen molar-refractivity contribution in [1.29, 1.82) is 0 Å². The van der Waals surface area contributed by atoms with E-state index >= 15 is 0 Å². The van der Waals surface area contributed by atoms with Crippen LogP contribution < -0.4 is 5.43 Å². The van der Waals surface area contributed by atoms with Gasteiger partial charge in [-0.05, 0) is 18.2 Å². The number of hydrogen-bond acceptors (Lipinski definition) is 9. The summed E-state index contributed by atoms with van der Waals surface area (Å²) >= 11 is 0. The Balaban J connectivity index is 1.60. The molecule has 1 fully saturated rings. The molecule has 2 N–H and O–H groups in total. The third-order valence-electron chi connectivity index (χ3n) is 4.66. The van der Waals surface area contributed by atoms with Crippen molar-refractivity contribution >= 4 is 28.9 Å². The van der Waals surface area contributed by atoms with Crippen LogP contribution in [0.2, 0.25) is 0 Å². The van der Waals surface area contributed by atoms with Gasteiger partial charge in [0, 0.05) is 43.5 Å². The van der Waals surface area contributed by atoms with E-state index < -0.39 is 11.8 Å². The second-order valence-corrected chi connectivity index (χ2v) is 6.63. The number of carbonyl (C=O) groups excluding carboxylic acids is 2. The summed E-state index contributed by atoms with van der Waals surface area (Å²) in [5.41, 5.74) is 4.25. The van der Waals surface area contributed by atoms with E-state index in [0.29, 0.717) is 32.0 Å². The summed E-state index contributed by atoms with van der Waals surface area (Å²) in [5, 5.41) is 2.66. The lowest BCUT2D eigenvalue weighted by atomic mass is 10.1. The highest BCUT2D eigenvalue weighted by Crippen LogP contribution is 2.28. The zero-order valence-corrected chi connectivity index (χ0v) is 16.5. The molecule has 0 spiro atoms. The highest BCUT2D eigenvalue weighted by molar-refractivity contribution is 6.26. The van der Waals surface area contributed by atoms with Crippen LogP contribution in [-0.2, 0) is 28.5 Å². The van der Waals surface area contributed by atoms with Gasteiger partial charge < -0.3 is 23.9 Å². The molecule has 0 aliphatic carbocycles. The topological polar surface area (TPSA) is 115 Å². The van der Waals surface area contributed by atoms with E-state index in [1.54, 1.807) is 24.5 Å². The maximum Gasteiger partial charge on any atom is 0.347 e. The Morgan fingerprint density at radius 1 is 1.37 bits per heavy atom. The van der Waals surface area contributed by atoms with Crippen molar-refractivity contribution in [3.63, 3.8) is 0 Å². The first kappa shape index (κ1) is 20.1. The maximum atomic E-state index is 13.0. The number of nitrogens with one attached hydrogen (secondary N) is 2. The largest absolute Gasteiger partial charge is 0.459 e. The van der Waals surface area contributed by atoms with E-state index in [1.807, 2.05) is 11.1 Å². The number of rotatable bonds is 7. The molecule has 4 heterocycles. The Morgan fingerprint density at radius 2 is 2.20 bits per heavy atom. The van der Waals surface area contributed by atoms with Gasteiger partial charge in [-0.3, -0.25) is 10.2 Å². The number of allylic oxidation sites excluding steroid dienone is 1. The molecule has 0 bridgehead atoms. The SMILES string of the molecule is COCCOC(=O)C1=C(NN2CCOCC2)OC(=Cc2c[nH]c3ncccc23)C1=O. The lowest BCUT2D eigenvalue weighted by Gasteiger charge is -2.27. The number of esters is 1. The maximum absolute atomic E-state index is 13.0. The van der Waals surface area contributed by atoms with Crippen LogP contribution in [0.4, 0.5) is 0 Å². The molecule has 2 aliphatic rings. The number of ketones is 1. The predicted molar refractivity (Wildman–Crippen MR) is 106 cm³/mol. The highest BCUT2D eigenvalue weighted by atomic mass is 16.6. The number of pyridine rings is 1. The molecule has 0 amide bonds. The monoisotopic (exact) mass is 414 g/mol. The van der Waals surface area contributed by atoms with Crippen LogP contribution in [-0.4, -0.2) is 73.4 Å². The number of Topliss-reactive ketones (excluding diaryl/α,β-unsaturated/α-hetero) is 1. The van der Waals surface area contributed by atoms with Crippen LogP contribution in [0.5, 0.6) is 0 Å². The summed E-state index contributed by atoms with van der Waals surface area (Å²) in [6, 6.07) is 3.68. The Morgan fingerprint density at radius 3 is 3.00 bits per heavy atom. The first-order chi connectivity index (χ1) is 14.7. The summed E-state index contributed by atoms with van der Waals surface area (Å²) in [6.07, 6.45) is 4.98. The van der Waals surface area contributed by atoms with E-state index in [0.717, 1.165) is 10.9 Å². The van der Waals surface area contributed by atoms with Gasteiger partial charge in [-0.25, -0.2) is 14.8 Å². The quantitative estimate of drug-likeness (QED) is 0.293. The van der Waals surface area contributed by atoms with Crippen molar-refractivity contribution < 1.29 is 28.5 Å². The molecule has 10 nitrogen and oxygen atoms in total. The summed E-state index contributed by atoms with van der Waals surface area (Å²) in [7, 11) is 1.50. The van der Waals surface area contributed by atoms with Crippen molar-refractivity contribution in [2.45, 2.75) is 0 Å². The van der Waals surface area contributed by atoms with E-state index in [-0.39, 0.29) is 30.4 Å². The minimum Gasteiger partial charge on any atom is -0.459 e. The lowest BCUT2D eigenvalue weighted by Crippen LogP contribution is -2.45. The van der Waals surface area contributed by atoms with Gasteiger partial charge >= 0.3 is 5.97 Å². The fourth-order valence-corrected chi connectivity index (χ4v) is 3.14. The van der Waals surface area contributed by atoms with Crippen LogP contribution in [0.15, 0.2) is 41.7 Å². The molecule has 0 unspecified atom stereocenters. The Bertz CT molecular complexity index is 1010. The number of nitrogens with zero attached hydrogens (tertiary/aromatic N) is 2. The molecule has 0 atom stereocenters. The first-order valence-electron chi connectivity index (χ1n) is 9.53. The summed E-state index contributed by atoms with van der Waals surface area (Å²) in [5.74, 6) is -1.24. The second-order valence-electron chi connectivity index (χ2n) is 6.63. The number of methoxy groups -OCH3 is 1. The third kappa shape index (κ3) is 4.20. The summed E-state index contributed by atoms with van der Waals surface area (Å²) in [6.45, 7) is 2.50. The molecule has 2 aromatic heterocycles. The zero-order chi connectivity index (χ0) is 20.9. The molecule has 4 rings (SSSR count). The Hall–Kier alpha value is -3.21. The number of morpholine rings is 1. The summed E-state index contributed by atoms with van der Waals surface area (Å²) in [4.78, 5) is 32.9. The Labute approximate surface area is 172 Å². The number of fused-ring (bicyclic) bond motifs is 1. The number of carbonyl (C=O) groups is 2. The van der Waals surface area contributed by atoms with Crippen LogP contribution >= 0.6 is 0 Å². The number of aromatic amines is 1. The van der Waals surface area contributed by atoms with Gasteiger partial charge in [-0.2, -0.15) is 0 Å². The number of ether oxygens (including phenoxy) is 4.